The third-order valence-corrected chi connectivity index (χ3v) is 6.90. The van der Waals surface area contributed by atoms with Gasteiger partial charge in [0.25, 0.3) is 0 Å². The number of aromatic nitrogens is 3. The summed E-state index contributed by atoms with van der Waals surface area (Å²) in [5.41, 5.74) is 1.96. The molecule has 5 rings (SSSR count). The van der Waals surface area contributed by atoms with Gasteiger partial charge in [0.05, 0.1) is 21.6 Å². The molecule has 1 aliphatic rings. The van der Waals surface area contributed by atoms with Crippen LogP contribution in [0.3, 0.4) is 0 Å². The first-order valence-corrected chi connectivity index (χ1v) is 11.0. The molecule has 1 fully saturated rings. The van der Waals surface area contributed by atoms with Gasteiger partial charge in [-0.1, -0.05) is 11.6 Å². The molecule has 1 atom stereocenters. The Hall–Kier alpha value is -2.74. The summed E-state index contributed by atoms with van der Waals surface area (Å²) in [5.74, 6) is -3.77. The highest BCUT2D eigenvalue weighted by Crippen LogP contribution is 2.48. The lowest BCUT2D eigenvalue weighted by Gasteiger charge is -2.34. The Morgan fingerprint density at radius 2 is 1.73 bits per heavy atom. The van der Waals surface area contributed by atoms with Crippen molar-refractivity contribution >= 4 is 33.5 Å². The summed E-state index contributed by atoms with van der Waals surface area (Å²) in [5, 5.41) is 0.521. The van der Waals surface area contributed by atoms with Gasteiger partial charge < -0.3 is 4.98 Å². The van der Waals surface area contributed by atoms with Gasteiger partial charge in [0, 0.05) is 17.6 Å². The zero-order valence-corrected chi connectivity index (χ0v) is 18.0. The van der Waals surface area contributed by atoms with Crippen molar-refractivity contribution in [1.82, 2.24) is 15.0 Å². The predicted octanol–water partition coefficient (Wildman–Crippen LogP) is 7.66. The Balaban J connectivity index is 1.42. The lowest BCUT2D eigenvalue weighted by Crippen LogP contribution is -2.31. The summed E-state index contributed by atoms with van der Waals surface area (Å²) in [6.07, 6.45) is -1.12. The van der Waals surface area contributed by atoms with Crippen molar-refractivity contribution in [2.75, 3.05) is 0 Å². The van der Waals surface area contributed by atoms with E-state index in [-0.39, 0.29) is 33.6 Å². The molecule has 3 nitrogen and oxygen atoms in total. The van der Waals surface area contributed by atoms with Crippen molar-refractivity contribution in [3.8, 4) is 0 Å². The van der Waals surface area contributed by atoms with Crippen molar-refractivity contribution in [3.05, 3.63) is 70.6 Å². The van der Waals surface area contributed by atoms with Gasteiger partial charge in [-0.15, -0.1) is 0 Å². The summed E-state index contributed by atoms with van der Waals surface area (Å²) in [6, 6.07) is 8.50. The molecule has 2 aromatic heterocycles. The molecule has 0 bridgehead atoms. The normalized spacial score (nSPS) is 20.4. The molecule has 0 spiro atoms. The fourth-order valence-electron chi connectivity index (χ4n) is 5.08. The summed E-state index contributed by atoms with van der Waals surface area (Å²) >= 11 is 5.77. The summed E-state index contributed by atoms with van der Waals surface area (Å²) in [4.78, 5) is 11.0. The van der Waals surface area contributed by atoms with E-state index in [0.29, 0.717) is 36.6 Å². The van der Waals surface area contributed by atoms with Crippen molar-refractivity contribution in [2.45, 2.75) is 43.7 Å². The molecule has 2 heterocycles. The second-order valence-corrected chi connectivity index (χ2v) is 9.01. The van der Waals surface area contributed by atoms with Gasteiger partial charge in [0.2, 0.25) is 0 Å². The number of imidazole rings is 1. The standard InChI is InChI=1S/C24H19ClF5N3/c25-17-10-20-21(11-18(17)27)33-23(32-20)22(24(28,29)30)13-3-1-12(2-4-13)15-7-8-31-19-6-5-14(26)9-16(15)19/h5-13,22H,1-4H2,(H,32,33)/t12-,13+,22-/m1/s1. The highest BCUT2D eigenvalue weighted by atomic mass is 35.5. The number of nitrogens with zero attached hydrogens (tertiary/aromatic N) is 2. The van der Waals surface area contributed by atoms with Crippen LogP contribution in [0.25, 0.3) is 21.9 Å². The van der Waals surface area contributed by atoms with Crippen LogP contribution in [0.5, 0.6) is 0 Å². The maximum Gasteiger partial charge on any atom is 0.399 e. The van der Waals surface area contributed by atoms with E-state index in [9.17, 15) is 22.0 Å². The molecule has 4 aromatic rings. The number of hydrogen-bond donors (Lipinski definition) is 1. The number of pyridine rings is 1. The number of rotatable bonds is 3. The average molecular weight is 480 g/mol. The second-order valence-electron chi connectivity index (χ2n) is 8.60. The zero-order chi connectivity index (χ0) is 23.3. The van der Waals surface area contributed by atoms with E-state index in [2.05, 4.69) is 15.0 Å². The lowest BCUT2D eigenvalue weighted by atomic mass is 9.73. The molecule has 172 valence electrons. The van der Waals surface area contributed by atoms with Gasteiger partial charge in [-0.05, 0) is 73.4 Å². The van der Waals surface area contributed by atoms with Crippen LogP contribution in [0.4, 0.5) is 22.0 Å². The number of hydrogen-bond acceptors (Lipinski definition) is 2. The Kier molecular flexibility index (Phi) is 5.51. The molecule has 9 heteroatoms. The predicted molar refractivity (Wildman–Crippen MR) is 116 cm³/mol. The number of nitrogens with one attached hydrogen (secondary N) is 1. The third kappa shape index (κ3) is 4.16. The van der Waals surface area contributed by atoms with Crippen molar-refractivity contribution in [1.29, 1.82) is 0 Å². The minimum Gasteiger partial charge on any atom is -0.341 e. The van der Waals surface area contributed by atoms with Crippen LogP contribution in [-0.4, -0.2) is 21.1 Å². The highest BCUT2D eigenvalue weighted by molar-refractivity contribution is 6.31. The van der Waals surface area contributed by atoms with Gasteiger partial charge in [-0.25, -0.2) is 13.8 Å². The molecule has 33 heavy (non-hydrogen) atoms. The number of fused-ring (bicyclic) bond motifs is 2. The largest absolute Gasteiger partial charge is 0.399 e. The van der Waals surface area contributed by atoms with E-state index in [4.69, 9.17) is 11.6 Å². The molecule has 0 radical (unpaired) electrons. The second kappa shape index (κ2) is 8.24. The Bertz CT molecular complexity index is 1290. The van der Waals surface area contributed by atoms with Crippen LogP contribution in [-0.2, 0) is 0 Å². The molecule has 1 saturated carbocycles. The fourth-order valence-corrected chi connectivity index (χ4v) is 5.24. The summed E-state index contributed by atoms with van der Waals surface area (Å²) in [6.45, 7) is 0. The summed E-state index contributed by atoms with van der Waals surface area (Å²) < 4.78 is 70.0. The zero-order valence-electron chi connectivity index (χ0n) is 17.3. The minimum atomic E-state index is -4.51. The fraction of sp³-hybridized carbons (Fsp3) is 0.333. The van der Waals surface area contributed by atoms with E-state index in [1.807, 2.05) is 6.07 Å². The van der Waals surface area contributed by atoms with E-state index in [0.717, 1.165) is 11.6 Å². The minimum absolute atomic E-state index is 0.0195. The van der Waals surface area contributed by atoms with Crippen LogP contribution in [0.1, 0.15) is 48.9 Å². The summed E-state index contributed by atoms with van der Waals surface area (Å²) in [7, 11) is 0. The first-order valence-electron chi connectivity index (χ1n) is 10.7. The SMILES string of the molecule is Fc1ccc2nccc([C@H]3CC[C@@H]([C@H](c4nc5cc(F)c(Cl)cc5[nH]4)C(F)(F)F)CC3)c2c1. The monoisotopic (exact) mass is 479 g/mol. The maximum atomic E-state index is 14.1. The van der Waals surface area contributed by atoms with E-state index < -0.39 is 23.8 Å². The van der Waals surface area contributed by atoms with Crippen LogP contribution in [0.15, 0.2) is 42.6 Å². The smallest absolute Gasteiger partial charge is 0.341 e. The Morgan fingerprint density at radius 3 is 2.45 bits per heavy atom. The van der Waals surface area contributed by atoms with Crippen LogP contribution >= 0.6 is 11.6 Å². The number of H-pyrrole nitrogens is 1. The molecule has 1 N–H and O–H groups in total. The van der Waals surface area contributed by atoms with E-state index in [1.54, 1.807) is 12.3 Å². The number of alkyl halides is 3. The maximum absolute atomic E-state index is 14.1. The first-order chi connectivity index (χ1) is 15.7. The molecule has 2 aromatic carbocycles. The average Bonchev–Trinajstić information content (AvgIpc) is 3.15. The van der Waals surface area contributed by atoms with Crippen LogP contribution in [0, 0.1) is 17.6 Å². The molecular formula is C24H19ClF5N3. The quantitative estimate of drug-likeness (QED) is 0.306. The number of aromatic amines is 1. The van der Waals surface area contributed by atoms with E-state index in [1.165, 1.54) is 18.2 Å². The Morgan fingerprint density at radius 1 is 0.970 bits per heavy atom. The van der Waals surface area contributed by atoms with Crippen molar-refractivity contribution < 1.29 is 22.0 Å². The molecular weight excluding hydrogens is 461 g/mol. The number of benzene rings is 2. The van der Waals surface area contributed by atoms with Crippen LogP contribution < -0.4 is 0 Å². The Labute approximate surface area is 191 Å². The topological polar surface area (TPSA) is 41.6 Å². The molecule has 0 saturated heterocycles. The van der Waals surface area contributed by atoms with Crippen molar-refractivity contribution in [3.63, 3.8) is 0 Å². The molecule has 1 aliphatic carbocycles. The van der Waals surface area contributed by atoms with Crippen LogP contribution in [0.2, 0.25) is 5.02 Å². The van der Waals surface area contributed by atoms with Gasteiger partial charge in [-0.2, -0.15) is 13.2 Å². The van der Waals surface area contributed by atoms with E-state index >= 15 is 0 Å². The molecule has 0 aliphatic heterocycles. The van der Waals surface area contributed by atoms with Crippen molar-refractivity contribution in [2.24, 2.45) is 5.92 Å². The van der Waals surface area contributed by atoms with Gasteiger partial charge >= 0.3 is 6.18 Å². The number of halogens is 6. The van der Waals surface area contributed by atoms with Gasteiger partial charge in [-0.3, -0.25) is 4.98 Å². The lowest BCUT2D eigenvalue weighted by molar-refractivity contribution is -0.166. The molecule has 0 amide bonds. The first kappa shape index (κ1) is 22.1. The van der Waals surface area contributed by atoms with Gasteiger partial charge in [0.1, 0.15) is 23.4 Å². The molecule has 0 unspecified atom stereocenters. The van der Waals surface area contributed by atoms with Gasteiger partial charge in [0.15, 0.2) is 0 Å². The highest BCUT2D eigenvalue weighted by Gasteiger charge is 2.48. The third-order valence-electron chi connectivity index (χ3n) is 6.61.